The fourth-order valence-corrected chi connectivity index (χ4v) is 3.01. The van der Waals surface area contributed by atoms with Gasteiger partial charge in [0.15, 0.2) is 0 Å². The Morgan fingerprint density at radius 1 is 1.20 bits per heavy atom. The van der Waals surface area contributed by atoms with Crippen molar-refractivity contribution in [1.29, 1.82) is 0 Å². The molecule has 1 aromatic carbocycles. The highest BCUT2D eigenvalue weighted by molar-refractivity contribution is 5.97. The molecule has 1 amide bonds. The van der Waals surface area contributed by atoms with Crippen molar-refractivity contribution in [2.45, 2.75) is 12.5 Å². The van der Waals surface area contributed by atoms with Gasteiger partial charge in [-0.3, -0.25) is 9.78 Å². The standard InChI is InChI=1S/C19H22N2O4/c1-23-15-3-4-16(18(10-15)24-2)19(22)21-17-12-25-11-14(17)9-13-5-7-20-8-6-13/h3-8,10,14,17H,9,11-12H2,1-2H3,(H,21,22)/t14-,17+/m1/s1. The molecule has 1 aliphatic rings. The second kappa shape index (κ2) is 7.98. The summed E-state index contributed by atoms with van der Waals surface area (Å²) < 4.78 is 16.1. The van der Waals surface area contributed by atoms with E-state index in [0.29, 0.717) is 30.3 Å². The van der Waals surface area contributed by atoms with E-state index < -0.39 is 0 Å². The number of hydrogen-bond acceptors (Lipinski definition) is 5. The number of methoxy groups -OCH3 is 2. The number of nitrogens with zero attached hydrogens (tertiary/aromatic N) is 1. The Balaban J connectivity index is 1.69. The zero-order valence-electron chi connectivity index (χ0n) is 14.4. The van der Waals surface area contributed by atoms with Gasteiger partial charge in [0.05, 0.1) is 39.0 Å². The van der Waals surface area contributed by atoms with Gasteiger partial charge < -0.3 is 19.5 Å². The van der Waals surface area contributed by atoms with Gasteiger partial charge in [-0.1, -0.05) is 0 Å². The van der Waals surface area contributed by atoms with E-state index in [-0.39, 0.29) is 17.9 Å². The first kappa shape index (κ1) is 17.2. The number of hydrogen-bond donors (Lipinski definition) is 1. The second-order valence-corrected chi connectivity index (χ2v) is 6.00. The van der Waals surface area contributed by atoms with Crippen molar-refractivity contribution in [3.63, 3.8) is 0 Å². The molecule has 1 aliphatic heterocycles. The van der Waals surface area contributed by atoms with Crippen LogP contribution in [0.2, 0.25) is 0 Å². The summed E-state index contributed by atoms with van der Waals surface area (Å²) in [6.45, 7) is 1.15. The topological polar surface area (TPSA) is 69.7 Å². The summed E-state index contributed by atoms with van der Waals surface area (Å²) in [6, 6.07) is 9.10. The molecule has 3 rings (SSSR count). The first-order valence-corrected chi connectivity index (χ1v) is 8.20. The minimum atomic E-state index is -0.172. The molecule has 1 N–H and O–H groups in total. The maximum atomic E-state index is 12.7. The van der Waals surface area contributed by atoms with Crippen LogP contribution in [0.4, 0.5) is 0 Å². The first-order chi connectivity index (χ1) is 12.2. The van der Waals surface area contributed by atoms with Crippen LogP contribution in [-0.2, 0) is 11.2 Å². The average Bonchev–Trinajstić information content (AvgIpc) is 3.08. The molecular weight excluding hydrogens is 320 g/mol. The summed E-state index contributed by atoms with van der Waals surface area (Å²) in [4.78, 5) is 16.7. The molecule has 0 bridgehead atoms. The first-order valence-electron chi connectivity index (χ1n) is 8.20. The molecule has 25 heavy (non-hydrogen) atoms. The number of carbonyl (C=O) groups excluding carboxylic acids is 1. The molecule has 6 nitrogen and oxygen atoms in total. The predicted octanol–water partition coefficient (Wildman–Crippen LogP) is 2.09. The lowest BCUT2D eigenvalue weighted by molar-refractivity contribution is 0.0922. The van der Waals surface area contributed by atoms with Gasteiger partial charge in [0.1, 0.15) is 11.5 Å². The van der Waals surface area contributed by atoms with Crippen molar-refractivity contribution < 1.29 is 19.0 Å². The molecule has 0 aliphatic carbocycles. The summed E-state index contributed by atoms with van der Waals surface area (Å²) in [6.07, 6.45) is 4.40. The van der Waals surface area contributed by atoms with Crippen LogP contribution in [0.15, 0.2) is 42.7 Å². The van der Waals surface area contributed by atoms with Crippen LogP contribution in [0.25, 0.3) is 0 Å². The number of ether oxygens (including phenoxy) is 3. The van der Waals surface area contributed by atoms with Gasteiger partial charge in [-0.2, -0.15) is 0 Å². The zero-order chi connectivity index (χ0) is 17.6. The fourth-order valence-electron chi connectivity index (χ4n) is 3.01. The van der Waals surface area contributed by atoms with Crippen LogP contribution in [0.3, 0.4) is 0 Å². The fraction of sp³-hybridized carbons (Fsp3) is 0.368. The molecule has 0 saturated carbocycles. The Morgan fingerprint density at radius 2 is 2.00 bits per heavy atom. The van der Waals surface area contributed by atoms with E-state index in [0.717, 1.165) is 6.42 Å². The van der Waals surface area contributed by atoms with Gasteiger partial charge in [0.25, 0.3) is 5.91 Å². The van der Waals surface area contributed by atoms with Crippen molar-refractivity contribution >= 4 is 5.91 Å². The minimum absolute atomic E-state index is 0.0347. The van der Waals surface area contributed by atoms with Crippen LogP contribution in [0, 0.1) is 5.92 Å². The number of rotatable bonds is 6. The zero-order valence-corrected chi connectivity index (χ0v) is 14.4. The van der Waals surface area contributed by atoms with Crippen molar-refractivity contribution in [2.75, 3.05) is 27.4 Å². The van der Waals surface area contributed by atoms with E-state index in [1.54, 1.807) is 37.7 Å². The van der Waals surface area contributed by atoms with Crippen LogP contribution >= 0.6 is 0 Å². The third-order valence-corrected chi connectivity index (χ3v) is 4.42. The number of aromatic nitrogens is 1. The van der Waals surface area contributed by atoms with Crippen molar-refractivity contribution in [3.05, 3.63) is 53.9 Å². The van der Waals surface area contributed by atoms with E-state index in [4.69, 9.17) is 14.2 Å². The molecule has 2 heterocycles. The van der Waals surface area contributed by atoms with Crippen LogP contribution in [0.5, 0.6) is 11.5 Å². The Morgan fingerprint density at radius 3 is 2.72 bits per heavy atom. The molecule has 1 fully saturated rings. The van der Waals surface area contributed by atoms with Crippen LogP contribution < -0.4 is 14.8 Å². The number of benzene rings is 1. The van der Waals surface area contributed by atoms with Crippen molar-refractivity contribution in [1.82, 2.24) is 10.3 Å². The number of carbonyl (C=O) groups is 1. The molecule has 0 radical (unpaired) electrons. The molecule has 1 aromatic heterocycles. The maximum absolute atomic E-state index is 12.7. The Labute approximate surface area is 147 Å². The molecule has 2 atom stereocenters. The van der Waals surface area contributed by atoms with Crippen LogP contribution in [-0.4, -0.2) is 44.4 Å². The Kier molecular flexibility index (Phi) is 5.50. The van der Waals surface area contributed by atoms with E-state index in [2.05, 4.69) is 10.3 Å². The molecule has 6 heteroatoms. The Bertz CT molecular complexity index is 721. The molecule has 132 valence electrons. The Hall–Kier alpha value is -2.60. The molecule has 0 unspecified atom stereocenters. The van der Waals surface area contributed by atoms with Crippen molar-refractivity contribution in [3.8, 4) is 11.5 Å². The van der Waals surface area contributed by atoms with Gasteiger partial charge in [0, 0.05) is 24.4 Å². The van der Waals surface area contributed by atoms with Crippen molar-refractivity contribution in [2.24, 2.45) is 5.92 Å². The highest BCUT2D eigenvalue weighted by Crippen LogP contribution is 2.25. The second-order valence-electron chi connectivity index (χ2n) is 6.00. The monoisotopic (exact) mass is 342 g/mol. The molecule has 1 saturated heterocycles. The van der Waals surface area contributed by atoms with Gasteiger partial charge in [-0.15, -0.1) is 0 Å². The quantitative estimate of drug-likeness (QED) is 0.870. The number of pyridine rings is 1. The van der Waals surface area contributed by atoms with Gasteiger partial charge in [0.2, 0.25) is 0 Å². The third-order valence-electron chi connectivity index (χ3n) is 4.42. The SMILES string of the molecule is COc1ccc(C(=O)N[C@H]2COC[C@H]2Cc2ccncc2)c(OC)c1. The highest BCUT2D eigenvalue weighted by Gasteiger charge is 2.30. The number of nitrogens with one attached hydrogen (secondary N) is 1. The lowest BCUT2D eigenvalue weighted by Crippen LogP contribution is -2.40. The van der Waals surface area contributed by atoms with Gasteiger partial charge in [-0.05, 0) is 36.2 Å². The van der Waals surface area contributed by atoms with E-state index in [9.17, 15) is 4.79 Å². The largest absolute Gasteiger partial charge is 0.497 e. The molecule has 2 aromatic rings. The smallest absolute Gasteiger partial charge is 0.255 e. The summed E-state index contributed by atoms with van der Waals surface area (Å²) in [5, 5.41) is 3.08. The summed E-state index contributed by atoms with van der Waals surface area (Å²) in [5.41, 5.74) is 1.67. The van der Waals surface area contributed by atoms with E-state index >= 15 is 0 Å². The molecular formula is C19H22N2O4. The van der Waals surface area contributed by atoms with E-state index in [1.165, 1.54) is 12.7 Å². The van der Waals surface area contributed by atoms with Gasteiger partial charge in [-0.25, -0.2) is 0 Å². The summed E-state index contributed by atoms with van der Waals surface area (Å²) in [5.74, 6) is 1.19. The lowest BCUT2D eigenvalue weighted by Gasteiger charge is -2.20. The molecule has 0 spiro atoms. The van der Waals surface area contributed by atoms with Gasteiger partial charge >= 0.3 is 0 Å². The minimum Gasteiger partial charge on any atom is -0.497 e. The maximum Gasteiger partial charge on any atom is 0.255 e. The normalized spacial score (nSPS) is 19.4. The summed E-state index contributed by atoms with van der Waals surface area (Å²) >= 11 is 0. The highest BCUT2D eigenvalue weighted by atomic mass is 16.5. The lowest BCUT2D eigenvalue weighted by atomic mass is 9.95. The van der Waals surface area contributed by atoms with E-state index in [1.807, 2.05) is 12.1 Å². The predicted molar refractivity (Wildman–Crippen MR) is 93.1 cm³/mol. The third kappa shape index (κ3) is 4.09. The summed E-state index contributed by atoms with van der Waals surface area (Å²) in [7, 11) is 3.12. The number of amides is 1. The average molecular weight is 342 g/mol. The van der Waals surface area contributed by atoms with Crippen LogP contribution in [0.1, 0.15) is 15.9 Å².